The minimum absolute atomic E-state index is 0.453. The maximum absolute atomic E-state index is 12.4. The molecule has 0 fully saturated rings. The largest absolute Gasteiger partial charge is 0.406 e. The van der Waals surface area contributed by atoms with E-state index in [1.165, 1.54) is 11.8 Å². The molecule has 0 amide bonds. The lowest BCUT2D eigenvalue weighted by Gasteiger charge is -2.12. The van der Waals surface area contributed by atoms with Gasteiger partial charge in [-0.15, -0.1) is 0 Å². The summed E-state index contributed by atoms with van der Waals surface area (Å²) in [6.07, 6.45) is 6.04. The molecule has 0 aliphatic carbocycles. The lowest BCUT2D eigenvalue weighted by atomic mass is 10.4. The second kappa shape index (κ2) is 13.1. The highest BCUT2D eigenvalue weighted by Gasteiger charge is 2.21. The van der Waals surface area contributed by atoms with Crippen molar-refractivity contribution in [2.24, 2.45) is 0 Å². The van der Waals surface area contributed by atoms with Gasteiger partial charge in [-0.2, -0.15) is 0 Å². The van der Waals surface area contributed by atoms with Gasteiger partial charge in [0, 0.05) is 11.4 Å². The van der Waals surface area contributed by atoms with Crippen molar-refractivity contribution in [1.82, 2.24) is 0 Å². The number of hydrogen-bond donors (Lipinski definition) is 0. The number of rotatable bonds is 11. The first-order valence-corrected chi connectivity index (χ1v) is 9.74. The summed E-state index contributed by atoms with van der Waals surface area (Å²) < 4.78 is 23.1. The van der Waals surface area contributed by atoms with Gasteiger partial charge in [0.1, 0.15) is 0 Å². The van der Waals surface area contributed by atoms with E-state index in [1.807, 2.05) is 0 Å². The van der Waals surface area contributed by atoms with Crippen LogP contribution in [0.2, 0.25) is 0 Å². The van der Waals surface area contributed by atoms with E-state index in [1.54, 1.807) is 0 Å². The third-order valence-electron chi connectivity index (χ3n) is 2.37. The molecule has 0 aliphatic heterocycles. The van der Waals surface area contributed by atoms with Crippen molar-refractivity contribution in [3.05, 3.63) is 0 Å². The molecular formula is C14H27O3PS. The van der Waals surface area contributed by atoms with Crippen LogP contribution in [0.4, 0.5) is 0 Å². The zero-order chi connectivity index (χ0) is 14.4. The molecule has 0 heterocycles. The van der Waals surface area contributed by atoms with Gasteiger partial charge in [0.25, 0.3) is 0 Å². The molecule has 0 rings (SSSR count). The molecular weight excluding hydrogens is 279 g/mol. The highest BCUT2D eigenvalue weighted by atomic mass is 32.2. The Kier molecular flexibility index (Phi) is 13.1. The Morgan fingerprint density at radius 1 is 0.947 bits per heavy atom. The summed E-state index contributed by atoms with van der Waals surface area (Å²) in [5.41, 5.74) is 2.70. The van der Waals surface area contributed by atoms with Crippen LogP contribution in [0.3, 0.4) is 0 Å². The zero-order valence-electron chi connectivity index (χ0n) is 12.4. The SMILES string of the molecule is CCCCOP(=O)(C#CSCCCC)OCCCC. The Hall–Kier alpha value is 0.0600. The molecule has 0 aromatic carbocycles. The molecule has 0 bridgehead atoms. The maximum Gasteiger partial charge on any atom is 0.406 e. The van der Waals surface area contributed by atoms with Gasteiger partial charge in [0.2, 0.25) is 0 Å². The summed E-state index contributed by atoms with van der Waals surface area (Å²) >= 11 is 1.49. The van der Waals surface area contributed by atoms with Crippen molar-refractivity contribution in [1.29, 1.82) is 0 Å². The summed E-state index contributed by atoms with van der Waals surface area (Å²) in [7, 11) is -3.21. The summed E-state index contributed by atoms with van der Waals surface area (Å²) in [4.78, 5) is 0. The topological polar surface area (TPSA) is 35.5 Å². The molecule has 0 aliphatic rings. The van der Waals surface area contributed by atoms with Gasteiger partial charge in [-0.05, 0) is 24.5 Å². The van der Waals surface area contributed by atoms with E-state index in [0.717, 1.165) is 44.3 Å². The van der Waals surface area contributed by atoms with Crippen molar-refractivity contribution in [3.63, 3.8) is 0 Å². The van der Waals surface area contributed by atoms with E-state index < -0.39 is 7.60 Å². The van der Waals surface area contributed by atoms with Gasteiger partial charge in [0.05, 0.1) is 13.2 Å². The van der Waals surface area contributed by atoms with Crippen LogP contribution < -0.4 is 0 Å². The highest BCUT2D eigenvalue weighted by molar-refractivity contribution is 8.04. The Bertz CT molecular complexity index is 296. The van der Waals surface area contributed by atoms with Crippen LogP contribution >= 0.6 is 19.4 Å². The van der Waals surface area contributed by atoms with E-state index in [9.17, 15) is 4.57 Å². The van der Waals surface area contributed by atoms with Crippen molar-refractivity contribution in [3.8, 4) is 10.9 Å². The fraction of sp³-hybridized carbons (Fsp3) is 0.857. The van der Waals surface area contributed by atoms with Crippen LogP contribution in [-0.4, -0.2) is 19.0 Å². The first-order chi connectivity index (χ1) is 9.18. The lowest BCUT2D eigenvalue weighted by Crippen LogP contribution is -1.97. The Balaban J connectivity index is 4.25. The molecule has 112 valence electrons. The van der Waals surface area contributed by atoms with Crippen LogP contribution in [-0.2, 0) is 13.6 Å². The van der Waals surface area contributed by atoms with E-state index in [4.69, 9.17) is 9.05 Å². The zero-order valence-corrected chi connectivity index (χ0v) is 14.2. The molecule has 5 heteroatoms. The second-order valence-corrected chi connectivity index (χ2v) is 6.92. The Morgan fingerprint density at radius 3 is 1.95 bits per heavy atom. The smallest absolute Gasteiger partial charge is 0.299 e. The monoisotopic (exact) mass is 306 g/mol. The van der Waals surface area contributed by atoms with Crippen LogP contribution in [0, 0.1) is 10.9 Å². The molecule has 0 radical (unpaired) electrons. The molecule has 0 aromatic heterocycles. The first kappa shape index (κ1) is 19.1. The van der Waals surface area contributed by atoms with Crippen LogP contribution in [0.15, 0.2) is 0 Å². The molecule has 0 atom stereocenters. The average molecular weight is 306 g/mol. The maximum atomic E-state index is 12.4. The summed E-state index contributed by atoms with van der Waals surface area (Å²) in [6, 6.07) is 0. The van der Waals surface area contributed by atoms with E-state index in [0.29, 0.717) is 13.2 Å². The number of unbranched alkanes of at least 4 members (excludes halogenated alkanes) is 3. The number of hydrogen-bond acceptors (Lipinski definition) is 4. The number of thioether (sulfide) groups is 1. The molecule has 0 saturated carbocycles. The summed E-state index contributed by atoms with van der Waals surface area (Å²) in [5.74, 6) is 0.966. The van der Waals surface area contributed by atoms with E-state index >= 15 is 0 Å². The minimum atomic E-state index is -3.21. The molecule has 0 saturated heterocycles. The van der Waals surface area contributed by atoms with Gasteiger partial charge in [0.15, 0.2) is 0 Å². The molecule has 3 nitrogen and oxygen atoms in total. The molecule has 0 unspecified atom stereocenters. The van der Waals surface area contributed by atoms with Gasteiger partial charge < -0.3 is 0 Å². The fourth-order valence-electron chi connectivity index (χ4n) is 1.12. The second-order valence-electron chi connectivity index (χ2n) is 4.29. The normalized spacial score (nSPS) is 11.1. The van der Waals surface area contributed by atoms with Crippen molar-refractivity contribution >= 4 is 19.4 Å². The highest BCUT2D eigenvalue weighted by Crippen LogP contribution is 2.47. The quantitative estimate of drug-likeness (QED) is 0.296. The molecule has 0 N–H and O–H groups in total. The predicted octanol–water partition coefficient (Wildman–Crippen LogP) is 5.26. The van der Waals surface area contributed by atoms with Crippen molar-refractivity contribution in [2.75, 3.05) is 19.0 Å². The van der Waals surface area contributed by atoms with Gasteiger partial charge in [-0.25, -0.2) is 4.57 Å². The summed E-state index contributed by atoms with van der Waals surface area (Å²) in [5, 5.41) is 2.87. The molecule has 0 spiro atoms. The van der Waals surface area contributed by atoms with E-state index in [-0.39, 0.29) is 0 Å². The van der Waals surface area contributed by atoms with Crippen molar-refractivity contribution in [2.45, 2.75) is 59.3 Å². The Labute approximate surface area is 122 Å². The minimum Gasteiger partial charge on any atom is -0.299 e. The van der Waals surface area contributed by atoms with Crippen LogP contribution in [0.1, 0.15) is 59.3 Å². The van der Waals surface area contributed by atoms with E-state index in [2.05, 4.69) is 31.7 Å². The van der Waals surface area contributed by atoms with Gasteiger partial charge in [-0.3, -0.25) is 9.05 Å². The van der Waals surface area contributed by atoms with Crippen molar-refractivity contribution < 1.29 is 13.6 Å². The predicted molar refractivity (Wildman–Crippen MR) is 84.5 cm³/mol. The average Bonchev–Trinajstić information content (AvgIpc) is 2.39. The first-order valence-electron chi connectivity index (χ1n) is 7.21. The standard InChI is InChI=1S/C14H27O3PS/c1-4-7-10-16-18(15,17-11-8-5-2)12-14-19-13-9-6-3/h4-11,13H2,1-3H3. The fourth-order valence-corrected chi connectivity index (χ4v) is 3.30. The van der Waals surface area contributed by atoms with Gasteiger partial charge >= 0.3 is 7.60 Å². The third kappa shape index (κ3) is 11.6. The van der Waals surface area contributed by atoms with Gasteiger partial charge in [-0.1, -0.05) is 51.8 Å². The summed E-state index contributed by atoms with van der Waals surface area (Å²) in [6.45, 7) is 7.18. The van der Waals surface area contributed by atoms with Crippen LogP contribution in [0.5, 0.6) is 0 Å². The lowest BCUT2D eigenvalue weighted by molar-refractivity contribution is 0.209. The van der Waals surface area contributed by atoms with Crippen LogP contribution in [0.25, 0.3) is 0 Å². The third-order valence-corrected chi connectivity index (χ3v) is 4.69. The molecule has 0 aromatic rings. The molecule has 19 heavy (non-hydrogen) atoms. The Morgan fingerprint density at radius 2 is 1.47 bits per heavy atom.